The van der Waals surface area contributed by atoms with Crippen LogP contribution in [0.5, 0.6) is 0 Å². The van der Waals surface area contributed by atoms with Gasteiger partial charge in [0.1, 0.15) is 5.69 Å². The summed E-state index contributed by atoms with van der Waals surface area (Å²) in [5, 5.41) is 16.5. The Morgan fingerprint density at radius 1 is 1.12 bits per heavy atom. The fourth-order valence-corrected chi connectivity index (χ4v) is 3.32. The van der Waals surface area contributed by atoms with Gasteiger partial charge in [-0.2, -0.15) is 0 Å². The van der Waals surface area contributed by atoms with Crippen molar-refractivity contribution in [1.29, 1.82) is 0 Å². The van der Waals surface area contributed by atoms with Crippen molar-refractivity contribution in [3.63, 3.8) is 0 Å². The Hall–Kier alpha value is -3.50. The van der Waals surface area contributed by atoms with Crippen LogP contribution in [0.3, 0.4) is 0 Å². The van der Waals surface area contributed by atoms with Crippen LogP contribution in [0, 0.1) is 10.1 Å². The highest BCUT2D eigenvalue weighted by atomic mass is 16.6. The molecule has 0 aromatic heterocycles. The first-order valence-corrected chi connectivity index (χ1v) is 10.3. The number of nitro groups is 1. The minimum absolute atomic E-state index is 0.0172. The zero-order valence-corrected chi connectivity index (χ0v) is 18.1. The first-order chi connectivity index (χ1) is 15.3. The molecular weight excluding hydrogens is 414 g/mol. The van der Waals surface area contributed by atoms with Gasteiger partial charge in [0, 0.05) is 30.5 Å². The lowest BCUT2D eigenvalue weighted by Gasteiger charge is -2.29. The number of anilines is 3. The molecule has 2 aromatic carbocycles. The van der Waals surface area contributed by atoms with Gasteiger partial charge in [-0.05, 0) is 44.3 Å². The molecule has 2 amide bonds. The molecule has 1 saturated heterocycles. The van der Waals surface area contributed by atoms with E-state index in [0.717, 1.165) is 18.8 Å². The van der Waals surface area contributed by atoms with E-state index in [2.05, 4.69) is 15.5 Å². The maximum atomic E-state index is 12.5. The van der Waals surface area contributed by atoms with Crippen molar-refractivity contribution < 1.29 is 19.2 Å². The fourth-order valence-electron chi connectivity index (χ4n) is 3.32. The summed E-state index contributed by atoms with van der Waals surface area (Å²) in [7, 11) is 1.64. The monoisotopic (exact) mass is 441 g/mol. The number of likely N-dealkylation sites (N-methyl/N-ethyl adjacent to an activating group) is 1. The molecule has 10 heteroatoms. The molecule has 3 rings (SSSR count). The van der Waals surface area contributed by atoms with Crippen molar-refractivity contribution in [3.8, 4) is 0 Å². The smallest absolute Gasteiger partial charge is 0.292 e. The summed E-state index contributed by atoms with van der Waals surface area (Å²) in [5.41, 5.74) is 1.67. The Morgan fingerprint density at radius 2 is 1.78 bits per heavy atom. The van der Waals surface area contributed by atoms with Gasteiger partial charge in [-0.3, -0.25) is 24.6 Å². The van der Waals surface area contributed by atoms with Crippen molar-refractivity contribution in [2.24, 2.45) is 0 Å². The summed E-state index contributed by atoms with van der Waals surface area (Å²) < 4.78 is 5.36. The average molecular weight is 441 g/mol. The van der Waals surface area contributed by atoms with Gasteiger partial charge in [-0.1, -0.05) is 12.1 Å². The molecule has 0 bridgehead atoms. The van der Waals surface area contributed by atoms with Gasteiger partial charge in [-0.25, -0.2) is 0 Å². The lowest BCUT2D eigenvalue weighted by molar-refractivity contribution is -0.383. The van der Waals surface area contributed by atoms with Gasteiger partial charge >= 0.3 is 0 Å². The van der Waals surface area contributed by atoms with E-state index in [1.54, 1.807) is 24.9 Å². The molecule has 170 valence electrons. The highest BCUT2D eigenvalue weighted by Crippen LogP contribution is 2.23. The Kier molecular flexibility index (Phi) is 7.74. The molecule has 0 spiro atoms. The number of nitro benzene ring substituents is 1. The zero-order valence-electron chi connectivity index (χ0n) is 18.1. The molecule has 1 heterocycles. The Balaban J connectivity index is 1.52. The number of hydrogen-bond acceptors (Lipinski definition) is 7. The quantitative estimate of drug-likeness (QED) is 0.477. The van der Waals surface area contributed by atoms with E-state index in [4.69, 9.17) is 4.74 Å². The van der Waals surface area contributed by atoms with Crippen molar-refractivity contribution in [2.45, 2.75) is 13.0 Å². The summed E-state index contributed by atoms with van der Waals surface area (Å²) in [5.74, 6) is -0.707. The second-order valence-corrected chi connectivity index (χ2v) is 7.55. The summed E-state index contributed by atoms with van der Waals surface area (Å²) in [6.07, 6.45) is 0. The molecule has 2 aromatic rings. The average Bonchev–Trinajstić information content (AvgIpc) is 2.79. The van der Waals surface area contributed by atoms with E-state index < -0.39 is 16.9 Å². The maximum absolute atomic E-state index is 12.5. The molecule has 1 atom stereocenters. The number of rotatable bonds is 8. The number of ether oxygens (including phenoxy) is 1. The van der Waals surface area contributed by atoms with Gasteiger partial charge in [0.15, 0.2) is 0 Å². The standard InChI is InChI=1S/C22H27N5O5/c1-16(22(29)24-19-5-3-4-6-20(19)27(30)31)25(2)15-21(28)23-17-7-9-18(10-8-17)26-11-13-32-14-12-26/h3-10,16H,11-15H2,1-2H3,(H,23,28)(H,24,29). The highest BCUT2D eigenvalue weighted by Gasteiger charge is 2.23. The molecule has 0 aliphatic carbocycles. The number of hydrogen-bond donors (Lipinski definition) is 2. The number of carbonyl (C=O) groups is 2. The molecule has 1 aliphatic heterocycles. The number of nitrogens with one attached hydrogen (secondary N) is 2. The summed E-state index contributed by atoms with van der Waals surface area (Å²) >= 11 is 0. The Labute approximate surface area is 186 Å². The van der Waals surface area contributed by atoms with E-state index in [9.17, 15) is 19.7 Å². The minimum Gasteiger partial charge on any atom is -0.378 e. The van der Waals surface area contributed by atoms with Crippen LogP contribution >= 0.6 is 0 Å². The van der Waals surface area contributed by atoms with Crippen LogP contribution in [-0.4, -0.2) is 67.6 Å². The van der Waals surface area contributed by atoms with Crippen LogP contribution in [0.15, 0.2) is 48.5 Å². The Bertz CT molecular complexity index is 959. The van der Waals surface area contributed by atoms with Crippen molar-refractivity contribution in [3.05, 3.63) is 58.6 Å². The molecule has 1 aliphatic rings. The fraction of sp³-hybridized carbons (Fsp3) is 0.364. The maximum Gasteiger partial charge on any atom is 0.292 e. The van der Waals surface area contributed by atoms with E-state index >= 15 is 0 Å². The number of amides is 2. The van der Waals surface area contributed by atoms with E-state index in [0.29, 0.717) is 18.9 Å². The topological polar surface area (TPSA) is 117 Å². The lowest BCUT2D eigenvalue weighted by atomic mass is 10.2. The second kappa shape index (κ2) is 10.7. The molecular formula is C22H27N5O5. The molecule has 0 saturated carbocycles. The van der Waals surface area contributed by atoms with Gasteiger partial charge < -0.3 is 20.3 Å². The zero-order chi connectivity index (χ0) is 23.1. The second-order valence-electron chi connectivity index (χ2n) is 7.55. The third kappa shape index (κ3) is 6.02. The molecule has 1 unspecified atom stereocenters. The lowest BCUT2D eigenvalue weighted by Crippen LogP contribution is -2.43. The van der Waals surface area contributed by atoms with Gasteiger partial charge in [0.05, 0.1) is 30.7 Å². The predicted molar refractivity (Wildman–Crippen MR) is 122 cm³/mol. The number of benzene rings is 2. The van der Waals surface area contributed by atoms with Crippen LogP contribution in [-0.2, 0) is 14.3 Å². The molecule has 10 nitrogen and oxygen atoms in total. The van der Waals surface area contributed by atoms with Gasteiger partial charge in [0.2, 0.25) is 11.8 Å². The van der Waals surface area contributed by atoms with Crippen molar-refractivity contribution in [1.82, 2.24) is 4.90 Å². The Morgan fingerprint density at radius 3 is 2.44 bits per heavy atom. The van der Waals surface area contributed by atoms with Crippen LogP contribution in [0.2, 0.25) is 0 Å². The first-order valence-electron chi connectivity index (χ1n) is 10.3. The summed E-state index contributed by atoms with van der Waals surface area (Å²) in [6.45, 7) is 4.69. The SMILES string of the molecule is CC(C(=O)Nc1ccccc1[N+](=O)[O-])N(C)CC(=O)Nc1ccc(N2CCOCC2)cc1. The summed E-state index contributed by atoms with van der Waals surface area (Å²) in [6, 6.07) is 12.8. The van der Waals surface area contributed by atoms with Crippen molar-refractivity contribution >= 4 is 34.6 Å². The first kappa shape index (κ1) is 23.2. The van der Waals surface area contributed by atoms with Crippen LogP contribution in [0.1, 0.15) is 6.92 Å². The molecule has 0 radical (unpaired) electrons. The largest absolute Gasteiger partial charge is 0.378 e. The predicted octanol–water partition coefficient (Wildman–Crippen LogP) is 2.33. The third-order valence-corrected chi connectivity index (χ3v) is 5.32. The van der Waals surface area contributed by atoms with Crippen LogP contribution in [0.25, 0.3) is 0 Å². The molecule has 32 heavy (non-hydrogen) atoms. The number of nitrogens with zero attached hydrogens (tertiary/aromatic N) is 3. The van der Waals surface area contributed by atoms with Gasteiger partial charge in [0.25, 0.3) is 5.69 Å². The van der Waals surface area contributed by atoms with E-state index in [1.165, 1.54) is 18.2 Å². The van der Waals surface area contributed by atoms with Crippen LogP contribution < -0.4 is 15.5 Å². The summed E-state index contributed by atoms with van der Waals surface area (Å²) in [4.78, 5) is 39.3. The molecule has 2 N–H and O–H groups in total. The van der Waals surface area contributed by atoms with Crippen molar-refractivity contribution in [2.75, 3.05) is 55.4 Å². The van der Waals surface area contributed by atoms with Gasteiger partial charge in [-0.15, -0.1) is 0 Å². The number of morpholine rings is 1. The molecule has 1 fully saturated rings. The highest BCUT2D eigenvalue weighted by molar-refractivity contribution is 5.97. The normalized spacial score (nSPS) is 14.7. The third-order valence-electron chi connectivity index (χ3n) is 5.32. The van der Waals surface area contributed by atoms with E-state index in [-0.39, 0.29) is 23.8 Å². The minimum atomic E-state index is -0.677. The number of carbonyl (C=O) groups excluding carboxylic acids is 2. The van der Waals surface area contributed by atoms with Crippen LogP contribution in [0.4, 0.5) is 22.7 Å². The number of para-hydroxylation sites is 2. The van der Waals surface area contributed by atoms with E-state index in [1.807, 2.05) is 24.3 Å².